The van der Waals surface area contributed by atoms with Gasteiger partial charge in [0.05, 0.1) is 0 Å². The maximum Gasteiger partial charge on any atom is 0.541 e. The Hall–Kier alpha value is -1.55. The first kappa shape index (κ1) is 23.1. The normalized spacial score (nSPS) is 14.7. The van der Waals surface area contributed by atoms with E-state index in [1.165, 1.54) is 12.1 Å². The standard InChI is InChI=1S/C16H7F9IO3S/c17-13(18,15(21,22)23)14(19,20)16(24,25)30(27,28)29-26-11-7-3-6-10-8-4-1-2-5-9(8)12(10)11/h1-7H/q+1. The zero-order chi connectivity index (χ0) is 22.8. The van der Waals surface area contributed by atoms with Gasteiger partial charge in [-0.2, -0.15) is 47.9 Å². The Bertz CT molecular complexity index is 1100. The highest BCUT2D eigenvalue weighted by molar-refractivity contribution is 7.87. The summed E-state index contributed by atoms with van der Waals surface area (Å²) < 4.78 is 144. The van der Waals surface area contributed by atoms with Crippen LogP contribution in [0, 0.1) is 3.57 Å². The van der Waals surface area contributed by atoms with Crippen molar-refractivity contribution in [2.75, 3.05) is 0 Å². The van der Waals surface area contributed by atoms with Crippen LogP contribution in [0.25, 0.3) is 22.3 Å². The summed E-state index contributed by atoms with van der Waals surface area (Å²) in [5, 5.41) is -6.85. The molecule has 1 aliphatic rings. The highest BCUT2D eigenvalue weighted by Crippen LogP contribution is 2.54. The van der Waals surface area contributed by atoms with E-state index in [1.807, 2.05) is 0 Å². The van der Waals surface area contributed by atoms with Gasteiger partial charge < -0.3 is 0 Å². The second-order valence-corrected chi connectivity index (χ2v) is 10.2. The molecule has 0 fully saturated rings. The summed E-state index contributed by atoms with van der Waals surface area (Å²) >= 11 is -2.48. The van der Waals surface area contributed by atoms with Crippen LogP contribution >= 0.6 is 0 Å². The second-order valence-electron chi connectivity index (χ2n) is 5.97. The summed E-state index contributed by atoms with van der Waals surface area (Å²) in [6, 6.07) is 10.8. The summed E-state index contributed by atoms with van der Waals surface area (Å²) in [6.45, 7) is 0. The average molecular weight is 577 g/mol. The molecule has 164 valence electrons. The Labute approximate surface area is 173 Å². The molecule has 0 bridgehead atoms. The molecule has 30 heavy (non-hydrogen) atoms. The van der Waals surface area contributed by atoms with E-state index in [2.05, 4.69) is 2.51 Å². The van der Waals surface area contributed by atoms with Gasteiger partial charge in [0.25, 0.3) is 0 Å². The van der Waals surface area contributed by atoms with Gasteiger partial charge in [-0.05, 0) is 25.3 Å². The number of hydrogen-bond acceptors (Lipinski definition) is 3. The lowest BCUT2D eigenvalue weighted by Crippen LogP contribution is -3.62. The second kappa shape index (κ2) is 6.98. The number of rotatable bonds is 6. The fourth-order valence-corrected chi connectivity index (χ4v) is 6.39. The maximum absolute atomic E-state index is 13.7. The van der Waals surface area contributed by atoms with Crippen LogP contribution in [0.1, 0.15) is 0 Å². The third kappa shape index (κ3) is 3.18. The van der Waals surface area contributed by atoms with E-state index >= 15 is 0 Å². The van der Waals surface area contributed by atoms with Crippen LogP contribution in [0.3, 0.4) is 0 Å². The van der Waals surface area contributed by atoms with Gasteiger partial charge >= 0.3 is 55.0 Å². The molecule has 2 aromatic carbocycles. The largest absolute Gasteiger partial charge is 0.541 e. The van der Waals surface area contributed by atoms with E-state index in [9.17, 15) is 47.9 Å². The van der Waals surface area contributed by atoms with E-state index < -0.39 is 55.0 Å². The Morgan fingerprint density at radius 2 is 1.23 bits per heavy atom. The molecule has 1 aliphatic carbocycles. The molecule has 0 unspecified atom stereocenters. The van der Waals surface area contributed by atoms with E-state index in [-0.39, 0.29) is 3.57 Å². The average Bonchev–Trinajstić information content (AvgIpc) is 2.62. The van der Waals surface area contributed by atoms with Crippen molar-refractivity contribution in [2.45, 2.75) is 23.3 Å². The van der Waals surface area contributed by atoms with E-state index in [4.69, 9.17) is 0 Å². The van der Waals surface area contributed by atoms with Crippen molar-refractivity contribution >= 4 is 10.1 Å². The molecule has 0 saturated heterocycles. The van der Waals surface area contributed by atoms with Crippen molar-refractivity contribution in [3.63, 3.8) is 0 Å². The summed E-state index contributed by atoms with van der Waals surface area (Å²) in [6.07, 6.45) is -7.13. The molecule has 0 radical (unpaired) electrons. The molecule has 0 atom stereocenters. The molecule has 0 heterocycles. The van der Waals surface area contributed by atoms with Gasteiger partial charge in [-0.3, -0.25) is 0 Å². The molecular weight excluding hydrogens is 570 g/mol. The first-order valence-corrected chi connectivity index (χ1v) is 10.9. The Morgan fingerprint density at radius 1 is 0.700 bits per heavy atom. The molecule has 0 aromatic heterocycles. The van der Waals surface area contributed by atoms with Crippen LogP contribution in [0.2, 0.25) is 0 Å². The summed E-state index contributed by atoms with van der Waals surface area (Å²) in [5.74, 6) is -14.6. The third-order valence-electron chi connectivity index (χ3n) is 4.13. The molecule has 2 aromatic rings. The predicted octanol–water partition coefficient (Wildman–Crippen LogP) is 2.28. The molecule has 0 aliphatic heterocycles. The monoisotopic (exact) mass is 577 g/mol. The number of hydrogen-bond donors (Lipinski definition) is 0. The Morgan fingerprint density at radius 3 is 1.80 bits per heavy atom. The van der Waals surface area contributed by atoms with Crippen molar-refractivity contribution in [1.29, 1.82) is 0 Å². The fourth-order valence-electron chi connectivity index (χ4n) is 2.59. The Kier molecular flexibility index (Phi) is 5.38. The van der Waals surface area contributed by atoms with E-state index in [1.54, 1.807) is 30.3 Å². The lowest BCUT2D eigenvalue weighted by Gasteiger charge is -2.31. The van der Waals surface area contributed by atoms with Gasteiger partial charge in [-0.1, -0.05) is 36.4 Å². The number of alkyl halides is 9. The number of fused-ring (bicyclic) bond motifs is 4. The topological polar surface area (TPSA) is 43.4 Å². The third-order valence-corrected chi connectivity index (χ3v) is 8.57. The van der Waals surface area contributed by atoms with Crippen LogP contribution in [-0.2, 0) is 12.6 Å². The first-order chi connectivity index (χ1) is 13.6. The highest BCUT2D eigenvalue weighted by atomic mass is 127. The van der Waals surface area contributed by atoms with Crippen LogP contribution in [-0.4, -0.2) is 31.7 Å². The van der Waals surface area contributed by atoms with Crippen LogP contribution in [0.5, 0.6) is 0 Å². The maximum atomic E-state index is 13.7. The van der Waals surface area contributed by atoms with Crippen LogP contribution in [0.4, 0.5) is 39.5 Å². The van der Waals surface area contributed by atoms with E-state index in [0.717, 1.165) is 5.56 Å². The van der Waals surface area contributed by atoms with Crippen LogP contribution in [0.15, 0.2) is 42.5 Å². The number of benzene rings is 2. The zero-order valence-electron chi connectivity index (χ0n) is 14.0. The zero-order valence-corrected chi connectivity index (χ0v) is 16.9. The molecule has 3 rings (SSSR count). The lowest BCUT2D eigenvalue weighted by molar-refractivity contribution is -0.837. The van der Waals surface area contributed by atoms with Gasteiger partial charge in [0.15, 0.2) is 0 Å². The van der Waals surface area contributed by atoms with Gasteiger partial charge in [-0.15, -0.1) is 0 Å². The van der Waals surface area contributed by atoms with Crippen molar-refractivity contribution < 1.29 is 72.1 Å². The lowest BCUT2D eigenvalue weighted by atomic mass is 9.81. The first-order valence-electron chi connectivity index (χ1n) is 7.57. The van der Waals surface area contributed by atoms with Crippen molar-refractivity contribution in [2.24, 2.45) is 0 Å². The van der Waals surface area contributed by atoms with Crippen molar-refractivity contribution in [1.82, 2.24) is 0 Å². The molecule has 0 N–H and O–H groups in total. The number of halogens is 10. The van der Waals surface area contributed by atoms with Gasteiger partial charge in [0.2, 0.25) is 3.57 Å². The van der Waals surface area contributed by atoms with Gasteiger partial charge in [0.1, 0.15) is 0 Å². The molecular formula is C16H7F9IO3S+. The smallest absolute Gasteiger partial charge is 0.191 e. The molecule has 0 saturated carbocycles. The van der Waals surface area contributed by atoms with Gasteiger partial charge in [-0.25, -0.2) is 0 Å². The van der Waals surface area contributed by atoms with Crippen molar-refractivity contribution in [3.05, 3.63) is 46.0 Å². The minimum atomic E-state index is -7.33. The van der Waals surface area contributed by atoms with Crippen molar-refractivity contribution in [3.8, 4) is 22.3 Å². The molecule has 3 nitrogen and oxygen atoms in total. The molecule has 14 heteroatoms. The minimum absolute atomic E-state index is 0.0373. The predicted molar refractivity (Wildman–Crippen MR) is 80.5 cm³/mol. The minimum Gasteiger partial charge on any atom is -0.191 e. The van der Waals surface area contributed by atoms with E-state index in [0.29, 0.717) is 16.7 Å². The summed E-state index contributed by atoms with van der Waals surface area (Å²) in [7, 11) is -6.86. The summed E-state index contributed by atoms with van der Waals surface area (Å²) in [5.41, 5.74) is 2.31. The quantitative estimate of drug-likeness (QED) is 0.334. The Balaban J connectivity index is 1.89. The highest BCUT2D eigenvalue weighted by Gasteiger charge is 2.86. The summed E-state index contributed by atoms with van der Waals surface area (Å²) in [4.78, 5) is 0. The molecule has 0 amide bonds. The van der Waals surface area contributed by atoms with Gasteiger partial charge in [0, 0.05) is 5.56 Å². The van der Waals surface area contributed by atoms with Crippen LogP contribution < -0.4 is 21.6 Å². The fraction of sp³-hybridized carbons (Fsp3) is 0.250. The SMILES string of the molecule is O=S(=O)(O[I+]c1cccc2c1-c1ccccc1-2)C(F)(F)C(F)(F)C(F)(F)C(F)(F)F. The molecule has 0 spiro atoms.